The van der Waals surface area contributed by atoms with E-state index >= 15 is 0 Å². The maximum atomic E-state index is 3.51. The maximum absolute atomic E-state index is 3.51. The summed E-state index contributed by atoms with van der Waals surface area (Å²) < 4.78 is 0. The second-order valence-electron chi connectivity index (χ2n) is 5.51. The molecule has 0 heterocycles. The topological polar surface area (TPSA) is 15.3 Å². The minimum Gasteiger partial charge on any atom is -0.316 e. The highest BCUT2D eigenvalue weighted by molar-refractivity contribution is 4.77. The van der Waals surface area contributed by atoms with Crippen LogP contribution in [0, 0.1) is 5.41 Å². The molecule has 2 nitrogen and oxygen atoms in total. The summed E-state index contributed by atoms with van der Waals surface area (Å²) in [4.78, 5) is 2.47. The standard InChI is InChI=1S/C13H30N2/c1-7-9-14-10-13(4,5)11-15(6)12(3)8-2/h12,14H,7-11H2,1-6H3. The van der Waals surface area contributed by atoms with Crippen LogP contribution in [0.4, 0.5) is 0 Å². The lowest BCUT2D eigenvalue weighted by molar-refractivity contribution is 0.163. The van der Waals surface area contributed by atoms with E-state index in [9.17, 15) is 0 Å². The Morgan fingerprint density at radius 2 is 1.87 bits per heavy atom. The van der Waals surface area contributed by atoms with Crippen LogP contribution in [0.5, 0.6) is 0 Å². The lowest BCUT2D eigenvalue weighted by Gasteiger charge is -2.33. The highest BCUT2D eigenvalue weighted by Crippen LogP contribution is 2.17. The molecule has 0 aliphatic heterocycles. The Kier molecular flexibility index (Phi) is 7.20. The van der Waals surface area contributed by atoms with Gasteiger partial charge in [0.05, 0.1) is 0 Å². The molecule has 0 aromatic rings. The van der Waals surface area contributed by atoms with E-state index in [1.165, 1.54) is 19.4 Å². The zero-order valence-electron chi connectivity index (χ0n) is 11.6. The molecule has 0 aliphatic carbocycles. The van der Waals surface area contributed by atoms with E-state index in [-0.39, 0.29) is 0 Å². The third-order valence-corrected chi connectivity index (χ3v) is 3.05. The molecule has 0 aliphatic rings. The average Bonchev–Trinajstić information content (AvgIpc) is 2.16. The average molecular weight is 214 g/mol. The van der Waals surface area contributed by atoms with Gasteiger partial charge in [0.1, 0.15) is 0 Å². The molecule has 0 radical (unpaired) electrons. The molecule has 1 N–H and O–H groups in total. The van der Waals surface area contributed by atoms with Crippen LogP contribution in [0.1, 0.15) is 47.5 Å². The fraction of sp³-hybridized carbons (Fsp3) is 1.00. The Bertz CT molecular complexity index is 155. The minimum atomic E-state index is 0.368. The number of nitrogens with one attached hydrogen (secondary N) is 1. The number of rotatable bonds is 8. The van der Waals surface area contributed by atoms with Crippen LogP contribution >= 0.6 is 0 Å². The van der Waals surface area contributed by atoms with Crippen molar-refractivity contribution < 1.29 is 0 Å². The molecule has 2 heteroatoms. The SMILES string of the molecule is CCCNCC(C)(C)CN(C)C(C)CC. The van der Waals surface area contributed by atoms with Crippen LogP contribution in [0.25, 0.3) is 0 Å². The molecule has 0 aromatic heterocycles. The summed E-state index contributed by atoms with van der Waals surface area (Å²) in [5.41, 5.74) is 0.368. The molecule has 0 spiro atoms. The van der Waals surface area contributed by atoms with Gasteiger partial charge in [-0.25, -0.2) is 0 Å². The molecule has 0 amide bonds. The van der Waals surface area contributed by atoms with Crippen molar-refractivity contribution in [1.29, 1.82) is 0 Å². The van der Waals surface area contributed by atoms with Gasteiger partial charge in [-0.2, -0.15) is 0 Å². The first-order chi connectivity index (χ1) is 6.93. The van der Waals surface area contributed by atoms with Crippen molar-refractivity contribution in [2.45, 2.75) is 53.5 Å². The Labute approximate surface area is 96.4 Å². The summed E-state index contributed by atoms with van der Waals surface area (Å²) >= 11 is 0. The smallest absolute Gasteiger partial charge is 0.00614 e. The number of hydrogen-bond acceptors (Lipinski definition) is 2. The van der Waals surface area contributed by atoms with Gasteiger partial charge in [0, 0.05) is 19.1 Å². The van der Waals surface area contributed by atoms with Gasteiger partial charge in [0.2, 0.25) is 0 Å². The van der Waals surface area contributed by atoms with Gasteiger partial charge < -0.3 is 10.2 Å². The Hall–Kier alpha value is -0.0800. The Morgan fingerprint density at radius 1 is 1.27 bits per heavy atom. The van der Waals surface area contributed by atoms with E-state index in [4.69, 9.17) is 0 Å². The largest absolute Gasteiger partial charge is 0.316 e. The molecule has 0 bridgehead atoms. The highest BCUT2D eigenvalue weighted by Gasteiger charge is 2.21. The summed E-state index contributed by atoms with van der Waals surface area (Å²) in [5.74, 6) is 0. The molecule has 1 atom stereocenters. The van der Waals surface area contributed by atoms with E-state index in [2.05, 4.69) is 51.9 Å². The zero-order chi connectivity index (χ0) is 11.9. The van der Waals surface area contributed by atoms with Crippen molar-refractivity contribution in [2.24, 2.45) is 5.41 Å². The lowest BCUT2D eigenvalue weighted by Crippen LogP contribution is -2.42. The van der Waals surface area contributed by atoms with Gasteiger partial charge in [-0.15, -0.1) is 0 Å². The van der Waals surface area contributed by atoms with E-state index in [1.54, 1.807) is 0 Å². The molecule has 0 saturated heterocycles. The van der Waals surface area contributed by atoms with E-state index in [0.29, 0.717) is 11.5 Å². The van der Waals surface area contributed by atoms with Crippen LogP contribution in [0.2, 0.25) is 0 Å². The zero-order valence-corrected chi connectivity index (χ0v) is 11.6. The first-order valence-corrected chi connectivity index (χ1v) is 6.34. The van der Waals surface area contributed by atoms with Gasteiger partial charge in [-0.1, -0.05) is 27.7 Å². The van der Waals surface area contributed by atoms with Gasteiger partial charge >= 0.3 is 0 Å². The Morgan fingerprint density at radius 3 is 2.33 bits per heavy atom. The lowest BCUT2D eigenvalue weighted by atomic mass is 9.92. The van der Waals surface area contributed by atoms with Crippen LogP contribution in [0.15, 0.2) is 0 Å². The fourth-order valence-electron chi connectivity index (χ4n) is 1.80. The molecule has 92 valence electrons. The van der Waals surface area contributed by atoms with Crippen LogP contribution in [0.3, 0.4) is 0 Å². The van der Waals surface area contributed by atoms with E-state index in [0.717, 1.165) is 13.1 Å². The molecular formula is C13H30N2. The quantitative estimate of drug-likeness (QED) is 0.625. The third-order valence-electron chi connectivity index (χ3n) is 3.05. The van der Waals surface area contributed by atoms with Crippen LogP contribution in [-0.4, -0.2) is 37.6 Å². The molecule has 0 saturated carbocycles. The van der Waals surface area contributed by atoms with Crippen molar-refractivity contribution in [1.82, 2.24) is 10.2 Å². The van der Waals surface area contributed by atoms with Crippen molar-refractivity contribution >= 4 is 0 Å². The summed E-state index contributed by atoms with van der Waals surface area (Å²) in [6.07, 6.45) is 2.45. The van der Waals surface area contributed by atoms with E-state index < -0.39 is 0 Å². The van der Waals surface area contributed by atoms with E-state index in [1.807, 2.05) is 0 Å². The van der Waals surface area contributed by atoms with Crippen molar-refractivity contribution in [3.63, 3.8) is 0 Å². The summed E-state index contributed by atoms with van der Waals surface area (Å²) in [6, 6.07) is 0.690. The van der Waals surface area contributed by atoms with Gasteiger partial charge in [0.25, 0.3) is 0 Å². The van der Waals surface area contributed by atoms with Gasteiger partial charge in [-0.05, 0) is 38.8 Å². The normalized spacial score (nSPS) is 14.6. The first-order valence-electron chi connectivity index (χ1n) is 6.34. The van der Waals surface area contributed by atoms with Crippen molar-refractivity contribution in [3.8, 4) is 0 Å². The third kappa shape index (κ3) is 6.91. The van der Waals surface area contributed by atoms with Gasteiger partial charge in [0.15, 0.2) is 0 Å². The van der Waals surface area contributed by atoms with Crippen molar-refractivity contribution in [3.05, 3.63) is 0 Å². The minimum absolute atomic E-state index is 0.368. The van der Waals surface area contributed by atoms with Crippen LogP contribution < -0.4 is 5.32 Å². The summed E-state index contributed by atoms with van der Waals surface area (Å²) in [6.45, 7) is 14.9. The molecule has 15 heavy (non-hydrogen) atoms. The first kappa shape index (κ1) is 14.9. The highest BCUT2D eigenvalue weighted by atomic mass is 15.1. The molecule has 0 rings (SSSR count). The number of hydrogen-bond donors (Lipinski definition) is 1. The monoisotopic (exact) mass is 214 g/mol. The summed E-state index contributed by atoms with van der Waals surface area (Å²) in [7, 11) is 2.23. The molecule has 0 aromatic carbocycles. The molecule has 1 unspecified atom stereocenters. The second kappa shape index (κ2) is 7.24. The van der Waals surface area contributed by atoms with Crippen LogP contribution in [-0.2, 0) is 0 Å². The van der Waals surface area contributed by atoms with Gasteiger partial charge in [-0.3, -0.25) is 0 Å². The number of nitrogens with zero attached hydrogens (tertiary/aromatic N) is 1. The predicted octanol–water partition coefficient (Wildman–Crippen LogP) is 2.74. The second-order valence-corrected chi connectivity index (χ2v) is 5.51. The van der Waals surface area contributed by atoms with Crippen molar-refractivity contribution in [2.75, 3.05) is 26.7 Å². The Balaban J connectivity index is 3.89. The predicted molar refractivity (Wildman–Crippen MR) is 69.3 cm³/mol. The fourth-order valence-corrected chi connectivity index (χ4v) is 1.80. The molecular weight excluding hydrogens is 184 g/mol. The summed E-state index contributed by atoms with van der Waals surface area (Å²) in [5, 5.41) is 3.51. The maximum Gasteiger partial charge on any atom is 0.00614 e. The molecule has 0 fully saturated rings.